The molecule has 13 nitrogen and oxygen atoms in total. The molecule has 3 saturated carbocycles. The van der Waals surface area contributed by atoms with Crippen LogP contribution in [0.3, 0.4) is 0 Å². The quantitative estimate of drug-likeness (QED) is 0.211. The van der Waals surface area contributed by atoms with Gasteiger partial charge in [-0.1, -0.05) is 75.1 Å². The van der Waals surface area contributed by atoms with Crippen LogP contribution in [0.2, 0.25) is 0 Å². The number of carbonyl (C=O) groups is 6. The first-order valence-electron chi connectivity index (χ1n) is 22.6. The molecule has 1 saturated heterocycles. The maximum Gasteiger partial charge on any atom is 0.253 e. The molecule has 2 heterocycles. The normalized spacial score (nSPS) is 33.9. The topological polar surface area (TPSA) is 180 Å². The molecule has 8 rings (SSSR count). The van der Waals surface area contributed by atoms with Crippen molar-refractivity contribution < 1.29 is 57.2 Å². The number of hydrogen-bond acceptors (Lipinski definition) is 10. The van der Waals surface area contributed by atoms with Gasteiger partial charge >= 0.3 is 0 Å². The molecule has 15 heteroatoms. The molecular formula is C51H57F2N3O10. The van der Waals surface area contributed by atoms with E-state index in [4.69, 9.17) is 9.47 Å². The molecular weight excluding hydrogens is 853 g/mol. The molecule has 4 fully saturated rings. The van der Waals surface area contributed by atoms with Gasteiger partial charge < -0.3 is 29.9 Å². The smallest absolute Gasteiger partial charge is 0.253 e. The fourth-order valence-electron chi connectivity index (χ4n) is 11.9. The molecule has 6 aliphatic rings. The Morgan fingerprint density at radius 1 is 1.00 bits per heavy atom. The van der Waals surface area contributed by atoms with Gasteiger partial charge in [0.25, 0.3) is 11.8 Å². The van der Waals surface area contributed by atoms with Gasteiger partial charge in [0.15, 0.2) is 23.3 Å². The number of hydrogen-bond donors (Lipinski definition) is 3. The van der Waals surface area contributed by atoms with Gasteiger partial charge in [0, 0.05) is 72.5 Å². The minimum absolute atomic E-state index is 0.0681. The number of fused-ring (bicyclic) bond motifs is 7. The highest BCUT2D eigenvalue weighted by Gasteiger charge is 2.80. The van der Waals surface area contributed by atoms with Crippen LogP contribution in [0.4, 0.5) is 14.5 Å². The summed E-state index contributed by atoms with van der Waals surface area (Å²) in [6.07, 6.45) is 2.23. The second-order valence-corrected chi connectivity index (χ2v) is 19.4. The predicted molar refractivity (Wildman–Crippen MR) is 238 cm³/mol. The molecule has 2 aromatic rings. The fraction of sp³-hybridized carbons (Fsp3) is 0.490. The van der Waals surface area contributed by atoms with Crippen LogP contribution in [-0.4, -0.2) is 106 Å². The van der Waals surface area contributed by atoms with Crippen LogP contribution >= 0.6 is 0 Å². The standard InChI is InChI=1S/C51H57F2N3O10/c1-28-16-18-48(4)38(20-28)39(52)24-37-36-25-42-51(41(60)27-57,49(36,5)26-40(59)50(37,48)53)66-47(65-42)33-12-10-31(11-13-33)22-32-8-7-9-34(23-32)55(6)46(64)30(3)54-45(63)29(2)21-35(58)17-19-56-43(61)14-15-44(56)62/h7-16,18,20,23,29-30,36-37,39-40,42,47,57,59H,1,17,19,21-22,24-27H2,2-6H3,(H,54,63)/t29-,30+,36-,37-,39-,40-,42+,47+,48-,49-,50-,51+/m0/s1. The zero-order valence-electron chi connectivity index (χ0n) is 37.8. The van der Waals surface area contributed by atoms with Gasteiger partial charge in [-0.2, -0.15) is 0 Å². The van der Waals surface area contributed by atoms with Gasteiger partial charge in [0.1, 0.15) is 24.6 Å². The summed E-state index contributed by atoms with van der Waals surface area (Å²) in [5.41, 5.74) is -2.82. The van der Waals surface area contributed by atoms with Crippen molar-refractivity contribution in [1.29, 1.82) is 0 Å². The molecule has 0 spiro atoms. The fourth-order valence-corrected chi connectivity index (χ4v) is 11.9. The largest absolute Gasteiger partial charge is 0.390 e. The van der Waals surface area contributed by atoms with Crippen LogP contribution < -0.4 is 10.2 Å². The Labute approximate surface area is 382 Å². The molecule has 0 radical (unpaired) electrons. The van der Waals surface area contributed by atoms with Crippen molar-refractivity contribution in [2.75, 3.05) is 25.1 Å². The second kappa shape index (κ2) is 17.3. The number of anilines is 1. The van der Waals surface area contributed by atoms with Gasteiger partial charge in [0.05, 0.1) is 12.2 Å². The highest BCUT2D eigenvalue weighted by atomic mass is 19.1. The summed E-state index contributed by atoms with van der Waals surface area (Å²) in [7, 11) is 1.60. The number of ketones is 2. The van der Waals surface area contributed by atoms with Crippen LogP contribution in [-0.2, 0) is 44.7 Å². The van der Waals surface area contributed by atoms with Gasteiger partial charge in [-0.25, -0.2) is 8.78 Å². The summed E-state index contributed by atoms with van der Waals surface area (Å²) >= 11 is 0. The molecule has 0 unspecified atom stereocenters. The van der Waals surface area contributed by atoms with Crippen LogP contribution in [0.25, 0.3) is 0 Å². The lowest BCUT2D eigenvalue weighted by atomic mass is 9.44. The first-order chi connectivity index (χ1) is 31.2. The van der Waals surface area contributed by atoms with Gasteiger partial charge in [-0.3, -0.25) is 33.7 Å². The third kappa shape index (κ3) is 7.51. The summed E-state index contributed by atoms with van der Waals surface area (Å²) in [4.78, 5) is 78.9. The monoisotopic (exact) mass is 909 g/mol. The lowest BCUT2D eigenvalue weighted by Crippen LogP contribution is -2.70. The van der Waals surface area contributed by atoms with Gasteiger partial charge in [-0.05, 0) is 79.9 Å². The third-order valence-electron chi connectivity index (χ3n) is 15.5. The van der Waals surface area contributed by atoms with E-state index >= 15 is 8.78 Å². The van der Waals surface area contributed by atoms with Crippen LogP contribution in [0.15, 0.2) is 96.6 Å². The Kier molecular flexibility index (Phi) is 12.3. The van der Waals surface area contributed by atoms with Crippen LogP contribution in [0.5, 0.6) is 0 Å². The van der Waals surface area contributed by atoms with Crippen molar-refractivity contribution in [2.45, 2.75) is 108 Å². The van der Waals surface area contributed by atoms with Crippen LogP contribution in [0, 0.1) is 28.6 Å². The first-order valence-corrected chi connectivity index (χ1v) is 22.6. The molecule has 12 atom stereocenters. The molecule has 2 aromatic carbocycles. The molecule has 4 aliphatic carbocycles. The molecule has 66 heavy (non-hydrogen) atoms. The Bertz CT molecular complexity index is 2450. The Hall–Kier alpha value is -5.48. The summed E-state index contributed by atoms with van der Waals surface area (Å²) < 4.78 is 47.1. The van der Waals surface area contributed by atoms with E-state index in [1.165, 1.54) is 4.90 Å². The van der Waals surface area contributed by atoms with Crippen molar-refractivity contribution in [2.24, 2.45) is 28.6 Å². The Morgan fingerprint density at radius 2 is 1.70 bits per heavy atom. The van der Waals surface area contributed by atoms with E-state index in [0.717, 1.165) is 28.2 Å². The average Bonchev–Trinajstić information content (AvgIpc) is 3.91. The number of alkyl halides is 2. The number of imide groups is 1. The number of nitrogens with one attached hydrogen (secondary N) is 1. The van der Waals surface area contributed by atoms with Crippen LogP contribution in [0.1, 0.15) is 82.8 Å². The summed E-state index contributed by atoms with van der Waals surface area (Å²) in [6.45, 7) is 9.51. The van der Waals surface area contributed by atoms with Crippen molar-refractivity contribution in [3.8, 4) is 0 Å². The third-order valence-corrected chi connectivity index (χ3v) is 15.5. The minimum Gasteiger partial charge on any atom is -0.390 e. The molecule has 0 aromatic heterocycles. The lowest BCUT2D eigenvalue weighted by Gasteiger charge is -2.63. The maximum atomic E-state index is 17.8. The van der Waals surface area contributed by atoms with E-state index in [9.17, 15) is 39.0 Å². The molecule has 350 valence electrons. The van der Waals surface area contributed by atoms with Crippen molar-refractivity contribution in [3.05, 3.63) is 113 Å². The summed E-state index contributed by atoms with van der Waals surface area (Å²) in [5, 5.41) is 24.9. The van der Waals surface area contributed by atoms with E-state index in [0.29, 0.717) is 23.2 Å². The number of aliphatic hydroxyl groups is 2. The number of nitrogens with zero attached hydrogens (tertiary/aromatic N) is 2. The maximum absolute atomic E-state index is 17.8. The molecule has 0 bridgehead atoms. The number of ether oxygens (including phenoxy) is 2. The van der Waals surface area contributed by atoms with Crippen molar-refractivity contribution >= 4 is 40.9 Å². The minimum atomic E-state index is -2.24. The summed E-state index contributed by atoms with van der Waals surface area (Å²) in [5.74, 6) is -5.10. The van der Waals surface area contributed by atoms with Gasteiger partial charge in [-0.15, -0.1) is 0 Å². The first kappa shape index (κ1) is 47.0. The zero-order valence-corrected chi connectivity index (χ0v) is 37.8. The number of aliphatic hydroxyl groups excluding tert-OH is 2. The number of carbonyl (C=O) groups excluding carboxylic acids is 6. The predicted octanol–water partition coefficient (Wildman–Crippen LogP) is 5.29. The number of benzene rings is 2. The van der Waals surface area contributed by atoms with E-state index in [2.05, 4.69) is 11.9 Å². The molecule has 3 N–H and O–H groups in total. The van der Waals surface area contributed by atoms with E-state index in [-0.39, 0.29) is 55.9 Å². The number of rotatable bonds is 14. The average molecular weight is 910 g/mol. The lowest BCUT2D eigenvalue weighted by molar-refractivity contribution is -0.235. The number of allylic oxidation sites excluding steroid dienone is 5. The highest BCUT2D eigenvalue weighted by Crippen LogP contribution is 2.72. The SMILES string of the molecule is C=C1C=C[C@@]2(C)C(=C1)[C@@H](F)C[C@H]1[C@@H]3C[C@H]4O[C@@H](c5ccc(Cc6cccc(N(C)C(=O)[C@@H](C)NC(=O)[C@@H](C)CC(=O)CCN7C(=O)C=CC7=O)c6)cc5)O[C@@]4(C(=O)CO)[C@@]3(C)C[C@H](O)[C@@]12F. The number of Topliss-reactive ketones (excluding diaryl/α,β-unsaturated/α-hetero) is 2. The molecule has 4 amide bonds. The summed E-state index contributed by atoms with van der Waals surface area (Å²) in [6, 6.07) is 13.9. The van der Waals surface area contributed by atoms with Gasteiger partial charge in [0.2, 0.25) is 11.8 Å². The van der Waals surface area contributed by atoms with E-state index < -0.39 is 101 Å². The Morgan fingerprint density at radius 3 is 2.38 bits per heavy atom. The zero-order chi connectivity index (χ0) is 47.7. The highest BCUT2D eigenvalue weighted by molar-refractivity contribution is 6.13. The number of likely N-dealkylation sites (N-methyl/N-ethyl adjacent to an activating group) is 1. The second-order valence-electron chi connectivity index (χ2n) is 19.4. The Balaban J connectivity index is 0.900. The number of halogens is 2. The molecule has 2 aliphatic heterocycles. The van der Waals surface area contributed by atoms with Crippen molar-refractivity contribution in [3.63, 3.8) is 0 Å². The number of amides is 4. The van der Waals surface area contributed by atoms with Crippen molar-refractivity contribution in [1.82, 2.24) is 10.2 Å². The van der Waals surface area contributed by atoms with E-state index in [1.807, 2.05) is 42.5 Å². The van der Waals surface area contributed by atoms with E-state index in [1.54, 1.807) is 59.0 Å².